The Bertz CT molecular complexity index is 1130. The van der Waals surface area contributed by atoms with Gasteiger partial charge in [-0.1, -0.05) is 157 Å². The third kappa shape index (κ3) is 37.7. The fraction of sp³-hybridized carbons (Fsp3) is 0.651. The van der Waals surface area contributed by atoms with Gasteiger partial charge in [-0.05, 0) is 51.0 Å². The molecule has 0 heterocycles. The Morgan fingerprint density at radius 3 is 1.85 bits per heavy atom. The standard InChI is InChI=1S/C43H74NO9P/c1-3-5-7-8-9-10-11-12-13-14-15-18-23-29-36-50-42(39-53-54(48,49)52-37-35-44)38-51-43(47)34-28-20-17-16-19-25-31-41(46)33-27-22-21-26-32-40(45)30-24-6-4-2/h6,17,19-22,24-27,29,32-33,36,40-42,45-46H,3-5,7-16,18,23,28,30-31,34-35,37-39,44H2,1-2H3,(H,48,49)/b20-17-,22-21-,24-6-,25-19-,32-26+,33-27+,36-29+/t40-,41+,42-/m1/s1. The van der Waals surface area contributed by atoms with Crippen LogP contribution in [0.1, 0.15) is 136 Å². The number of esters is 1. The number of unbranched alkanes of at least 4 members (excludes halogenated alkanes) is 12. The van der Waals surface area contributed by atoms with E-state index < -0.39 is 32.1 Å². The maximum atomic E-state index is 12.4. The third-order valence-corrected chi connectivity index (χ3v) is 9.08. The summed E-state index contributed by atoms with van der Waals surface area (Å²) in [6.07, 6.45) is 43.5. The van der Waals surface area contributed by atoms with E-state index in [1.807, 2.05) is 48.6 Å². The minimum atomic E-state index is -4.31. The topological polar surface area (TPSA) is 158 Å². The second-order valence-corrected chi connectivity index (χ2v) is 14.7. The highest BCUT2D eigenvalue weighted by molar-refractivity contribution is 7.47. The summed E-state index contributed by atoms with van der Waals surface area (Å²) in [5.74, 6) is -0.421. The largest absolute Gasteiger partial charge is 0.492 e. The van der Waals surface area contributed by atoms with Gasteiger partial charge in [-0.15, -0.1) is 0 Å². The minimum Gasteiger partial charge on any atom is -0.492 e. The molecule has 0 amide bonds. The van der Waals surface area contributed by atoms with Crippen molar-refractivity contribution in [1.82, 2.24) is 0 Å². The zero-order chi connectivity index (χ0) is 39.8. The van der Waals surface area contributed by atoms with Gasteiger partial charge in [-0.25, -0.2) is 4.57 Å². The second-order valence-electron chi connectivity index (χ2n) is 13.2. The summed E-state index contributed by atoms with van der Waals surface area (Å²) in [6.45, 7) is 3.80. The molecule has 10 nitrogen and oxygen atoms in total. The van der Waals surface area contributed by atoms with Gasteiger partial charge in [0.15, 0.2) is 6.10 Å². The van der Waals surface area contributed by atoms with Crippen LogP contribution >= 0.6 is 7.82 Å². The van der Waals surface area contributed by atoms with Crippen molar-refractivity contribution in [3.63, 3.8) is 0 Å². The SMILES string of the molecule is CC/C=C\C[C@@H](O)/C=C/C=C\C=C\[C@@H](O)C/C=C\C/C=C\CCC(=O)OC[C@H](COP(=O)(O)OCCN)O/C=C/CCCCCCCCCCCCCC. The average molecular weight is 780 g/mol. The lowest BCUT2D eigenvalue weighted by atomic mass is 10.0. The average Bonchev–Trinajstić information content (AvgIpc) is 3.15. The predicted octanol–water partition coefficient (Wildman–Crippen LogP) is 10.0. The lowest BCUT2D eigenvalue weighted by Gasteiger charge is -2.19. The Balaban J connectivity index is 4.38. The molecule has 0 aromatic heterocycles. The highest BCUT2D eigenvalue weighted by atomic mass is 31.2. The summed E-state index contributed by atoms with van der Waals surface area (Å²) in [7, 11) is -4.31. The van der Waals surface area contributed by atoms with E-state index in [2.05, 4.69) is 13.8 Å². The first kappa shape index (κ1) is 51.4. The third-order valence-electron chi connectivity index (χ3n) is 8.10. The molecule has 0 fully saturated rings. The van der Waals surface area contributed by atoms with E-state index in [0.29, 0.717) is 25.7 Å². The molecule has 0 aliphatic heterocycles. The van der Waals surface area contributed by atoms with Crippen LogP contribution in [0.25, 0.3) is 0 Å². The number of hydrogen-bond donors (Lipinski definition) is 4. The molecule has 0 saturated heterocycles. The van der Waals surface area contributed by atoms with Crippen molar-refractivity contribution in [3.05, 3.63) is 85.3 Å². The number of rotatable bonds is 37. The Hall–Kier alpha value is -2.56. The van der Waals surface area contributed by atoms with E-state index in [1.54, 1.807) is 30.4 Å². The van der Waals surface area contributed by atoms with Gasteiger partial charge in [-0.3, -0.25) is 13.8 Å². The molecular formula is C43H74NO9P. The molecule has 0 aromatic rings. The first-order chi connectivity index (χ1) is 26.2. The summed E-state index contributed by atoms with van der Waals surface area (Å²) in [4.78, 5) is 22.2. The minimum absolute atomic E-state index is 0.0708. The fourth-order valence-electron chi connectivity index (χ4n) is 5.00. The molecule has 11 heteroatoms. The predicted molar refractivity (Wildman–Crippen MR) is 222 cm³/mol. The molecule has 54 heavy (non-hydrogen) atoms. The summed E-state index contributed by atoms with van der Waals surface area (Å²) < 4.78 is 33.0. The molecule has 0 aliphatic carbocycles. The first-order valence-electron chi connectivity index (χ1n) is 20.3. The number of ether oxygens (including phenoxy) is 2. The van der Waals surface area contributed by atoms with Crippen LogP contribution in [0.15, 0.2) is 85.3 Å². The van der Waals surface area contributed by atoms with E-state index in [1.165, 1.54) is 70.5 Å². The highest BCUT2D eigenvalue weighted by Gasteiger charge is 2.24. The van der Waals surface area contributed by atoms with Gasteiger partial charge < -0.3 is 30.3 Å². The number of allylic oxidation sites excluding steroid dienone is 9. The lowest BCUT2D eigenvalue weighted by Crippen LogP contribution is -2.25. The molecular weight excluding hydrogens is 705 g/mol. The van der Waals surface area contributed by atoms with Gasteiger partial charge >= 0.3 is 13.8 Å². The van der Waals surface area contributed by atoms with Crippen molar-refractivity contribution in [3.8, 4) is 0 Å². The molecule has 5 N–H and O–H groups in total. The number of aliphatic hydroxyl groups is 2. The van der Waals surface area contributed by atoms with E-state index in [-0.39, 0.29) is 32.8 Å². The molecule has 0 aliphatic rings. The number of carbonyl (C=O) groups is 1. The quantitative estimate of drug-likeness (QED) is 0.0119. The van der Waals surface area contributed by atoms with Crippen molar-refractivity contribution in [2.24, 2.45) is 5.73 Å². The number of nitrogens with two attached hydrogens (primary N) is 1. The summed E-state index contributed by atoms with van der Waals surface area (Å²) in [5, 5.41) is 19.9. The Morgan fingerprint density at radius 2 is 1.26 bits per heavy atom. The van der Waals surface area contributed by atoms with Gasteiger partial charge in [0.05, 0.1) is 31.7 Å². The normalized spacial score (nSPS) is 15.5. The van der Waals surface area contributed by atoms with Crippen molar-refractivity contribution in [2.75, 3.05) is 26.4 Å². The van der Waals surface area contributed by atoms with Gasteiger partial charge in [0.1, 0.15) is 6.61 Å². The van der Waals surface area contributed by atoms with Crippen molar-refractivity contribution in [1.29, 1.82) is 0 Å². The fourth-order valence-corrected chi connectivity index (χ4v) is 5.77. The van der Waals surface area contributed by atoms with Crippen LogP contribution in [-0.2, 0) is 27.9 Å². The van der Waals surface area contributed by atoms with E-state index in [0.717, 1.165) is 25.7 Å². The molecule has 4 atom stereocenters. The van der Waals surface area contributed by atoms with E-state index in [4.69, 9.17) is 24.3 Å². The van der Waals surface area contributed by atoms with Crippen LogP contribution in [0.2, 0.25) is 0 Å². The van der Waals surface area contributed by atoms with Crippen LogP contribution in [0, 0.1) is 0 Å². The Morgan fingerprint density at radius 1 is 0.685 bits per heavy atom. The van der Waals surface area contributed by atoms with E-state index >= 15 is 0 Å². The zero-order valence-electron chi connectivity index (χ0n) is 33.4. The maximum Gasteiger partial charge on any atom is 0.472 e. The molecule has 310 valence electrons. The molecule has 0 rings (SSSR count). The molecule has 0 radical (unpaired) electrons. The molecule has 1 unspecified atom stereocenters. The molecule has 0 saturated carbocycles. The number of aliphatic hydroxyl groups excluding tert-OH is 2. The number of hydrogen-bond acceptors (Lipinski definition) is 9. The zero-order valence-corrected chi connectivity index (χ0v) is 34.3. The monoisotopic (exact) mass is 780 g/mol. The molecule has 0 spiro atoms. The van der Waals surface area contributed by atoms with Crippen molar-refractivity contribution >= 4 is 13.8 Å². The van der Waals surface area contributed by atoms with Crippen LogP contribution in [0.5, 0.6) is 0 Å². The lowest BCUT2D eigenvalue weighted by molar-refractivity contribution is -0.147. The van der Waals surface area contributed by atoms with Crippen LogP contribution in [-0.4, -0.2) is 65.8 Å². The molecule has 0 aromatic carbocycles. The van der Waals surface area contributed by atoms with Gasteiger partial charge in [0.2, 0.25) is 0 Å². The van der Waals surface area contributed by atoms with Crippen molar-refractivity contribution in [2.45, 2.75) is 154 Å². The van der Waals surface area contributed by atoms with E-state index in [9.17, 15) is 24.5 Å². The second kappa shape index (κ2) is 38.7. The van der Waals surface area contributed by atoms with Gasteiger partial charge in [0.25, 0.3) is 0 Å². The highest BCUT2D eigenvalue weighted by Crippen LogP contribution is 2.43. The molecule has 0 bridgehead atoms. The number of carbonyl (C=O) groups excluding carboxylic acids is 1. The number of phosphoric ester groups is 1. The summed E-state index contributed by atoms with van der Waals surface area (Å²) >= 11 is 0. The number of phosphoric acid groups is 1. The van der Waals surface area contributed by atoms with Crippen LogP contribution in [0.4, 0.5) is 0 Å². The van der Waals surface area contributed by atoms with Crippen LogP contribution in [0.3, 0.4) is 0 Å². The van der Waals surface area contributed by atoms with Gasteiger partial charge in [0, 0.05) is 13.0 Å². The Labute approximate surface area is 327 Å². The maximum absolute atomic E-state index is 12.4. The summed E-state index contributed by atoms with van der Waals surface area (Å²) in [5.41, 5.74) is 5.34. The first-order valence-corrected chi connectivity index (χ1v) is 21.8. The van der Waals surface area contributed by atoms with Gasteiger partial charge in [-0.2, -0.15) is 0 Å². The smallest absolute Gasteiger partial charge is 0.472 e. The van der Waals surface area contributed by atoms with Crippen molar-refractivity contribution < 1.29 is 43.0 Å². The van der Waals surface area contributed by atoms with Crippen LogP contribution < -0.4 is 5.73 Å². The summed E-state index contributed by atoms with van der Waals surface area (Å²) in [6, 6.07) is 0. The Kier molecular flexibility index (Phi) is 36.9.